The van der Waals surface area contributed by atoms with Crippen LogP contribution in [0.15, 0.2) is 48.4 Å². The molecule has 7 nitrogen and oxygen atoms in total. The Morgan fingerprint density at radius 2 is 2.03 bits per heavy atom. The highest BCUT2D eigenvalue weighted by Crippen LogP contribution is 2.35. The summed E-state index contributed by atoms with van der Waals surface area (Å²) in [6, 6.07) is 5.97. The van der Waals surface area contributed by atoms with Crippen LogP contribution in [0.2, 0.25) is 0 Å². The van der Waals surface area contributed by atoms with E-state index in [0.717, 1.165) is 66.6 Å². The number of nitrogens with zero attached hydrogens (tertiary/aromatic N) is 3. The van der Waals surface area contributed by atoms with Gasteiger partial charge in [-0.3, -0.25) is 4.90 Å². The first kappa shape index (κ1) is 25.5. The molecule has 3 aromatic rings. The van der Waals surface area contributed by atoms with E-state index in [0.29, 0.717) is 32.4 Å². The number of hydrogen-bond donors (Lipinski definition) is 2. The van der Waals surface area contributed by atoms with Crippen LogP contribution >= 0.6 is 0 Å². The molecule has 1 saturated heterocycles. The van der Waals surface area contributed by atoms with Crippen molar-refractivity contribution in [2.45, 2.75) is 31.9 Å². The zero-order valence-corrected chi connectivity index (χ0v) is 20.7. The van der Waals surface area contributed by atoms with Crippen LogP contribution in [-0.2, 0) is 11.2 Å². The minimum Gasteiger partial charge on any atom is -0.491 e. The molecule has 1 aliphatic carbocycles. The van der Waals surface area contributed by atoms with E-state index in [-0.39, 0.29) is 12.3 Å². The summed E-state index contributed by atoms with van der Waals surface area (Å²) in [5.41, 5.74) is 2.58. The van der Waals surface area contributed by atoms with Crippen LogP contribution in [-0.4, -0.2) is 72.0 Å². The Hall–Kier alpha value is -3.11. The van der Waals surface area contributed by atoms with Crippen molar-refractivity contribution in [3.05, 3.63) is 59.6 Å². The number of halogens is 3. The topological polar surface area (TPSA) is 75.3 Å². The van der Waals surface area contributed by atoms with E-state index in [9.17, 15) is 13.2 Å². The zero-order valence-electron chi connectivity index (χ0n) is 20.7. The molecule has 1 fully saturated rings. The summed E-state index contributed by atoms with van der Waals surface area (Å²) in [5, 5.41) is 4.29. The molecule has 1 unspecified atom stereocenters. The molecule has 198 valence electrons. The molecule has 3 aromatic heterocycles. The van der Waals surface area contributed by atoms with Crippen LogP contribution in [0.3, 0.4) is 0 Å². The van der Waals surface area contributed by atoms with Crippen molar-refractivity contribution in [1.82, 2.24) is 19.9 Å². The Bertz CT molecular complexity index is 1200. The normalized spacial score (nSPS) is 19.1. The first-order valence-corrected chi connectivity index (χ1v) is 12.8. The van der Waals surface area contributed by atoms with Gasteiger partial charge in [0.25, 0.3) is 0 Å². The Balaban J connectivity index is 1.13. The SMILES string of the molecule is FC(F)(F)C1=CCC(CNc2ccc(Cc3c[nH]c4ncc(OCCN5CCOCC5)cc34)cn2)CC1. The number of rotatable bonds is 9. The zero-order chi connectivity index (χ0) is 25.7. The van der Waals surface area contributed by atoms with Gasteiger partial charge in [0.2, 0.25) is 0 Å². The second-order valence-corrected chi connectivity index (χ2v) is 9.66. The van der Waals surface area contributed by atoms with E-state index in [1.165, 1.54) is 6.08 Å². The fourth-order valence-electron chi connectivity index (χ4n) is 4.81. The van der Waals surface area contributed by atoms with Gasteiger partial charge >= 0.3 is 6.18 Å². The van der Waals surface area contributed by atoms with E-state index in [1.807, 2.05) is 30.6 Å². The molecule has 0 spiro atoms. The van der Waals surface area contributed by atoms with Crippen LogP contribution in [0.5, 0.6) is 5.75 Å². The van der Waals surface area contributed by atoms with Crippen molar-refractivity contribution in [1.29, 1.82) is 0 Å². The van der Waals surface area contributed by atoms with Gasteiger partial charge in [0.1, 0.15) is 23.8 Å². The van der Waals surface area contributed by atoms with Gasteiger partial charge in [-0.25, -0.2) is 9.97 Å². The molecule has 0 saturated carbocycles. The average Bonchev–Trinajstić information content (AvgIpc) is 3.30. The number of allylic oxidation sites excluding steroid dienone is 2. The minimum atomic E-state index is -4.20. The van der Waals surface area contributed by atoms with Gasteiger partial charge in [0.05, 0.1) is 19.4 Å². The lowest BCUT2D eigenvalue weighted by atomic mass is 9.89. The Morgan fingerprint density at radius 1 is 1.16 bits per heavy atom. The highest BCUT2D eigenvalue weighted by molar-refractivity contribution is 5.81. The first-order valence-electron chi connectivity index (χ1n) is 12.8. The molecule has 10 heteroatoms. The Morgan fingerprint density at radius 3 is 2.76 bits per heavy atom. The Labute approximate surface area is 214 Å². The van der Waals surface area contributed by atoms with E-state index in [2.05, 4.69) is 25.2 Å². The van der Waals surface area contributed by atoms with Crippen LogP contribution < -0.4 is 10.1 Å². The molecule has 2 aliphatic rings. The number of morpholine rings is 1. The fourth-order valence-corrected chi connectivity index (χ4v) is 4.81. The molecule has 1 atom stereocenters. The minimum absolute atomic E-state index is 0.0856. The molecule has 0 aromatic carbocycles. The van der Waals surface area contributed by atoms with Crippen LogP contribution in [0, 0.1) is 5.92 Å². The summed E-state index contributed by atoms with van der Waals surface area (Å²) in [6.07, 6.45) is 4.43. The third kappa shape index (κ3) is 6.81. The van der Waals surface area contributed by atoms with Gasteiger partial charge in [-0.1, -0.05) is 12.1 Å². The highest BCUT2D eigenvalue weighted by Gasteiger charge is 2.35. The van der Waals surface area contributed by atoms with Gasteiger partial charge < -0.3 is 19.8 Å². The largest absolute Gasteiger partial charge is 0.491 e. The van der Waals surface area contributed by atoms with E-state index >= 15 is 0 Å². The molecule has 0 radical (unpaired) electrons. The van der Waals surface area contributed by atoms with E-state index in [4.69, 9.17) is 9.47 Å². The number of pyridine rings is 2. The van der Waals surface area contributed by atoms with E-state index in [1.54, 1.807) is 6.20 Å². The molecule has 0 amide bonds. The summed E-state index contributed by atoms with van der Waals surface area (Å²) >= 11 is 0. The molecule has 37 heavy (non-hydrogen) atoms. The van der Waals surface area contributed by atoms with Gasteiger partial charge in [0, 0.05) is 56.0 Å². The number of ether oxygens (including phenoxy) is 2. The number of aromatic amines is 1. The lowest BCUT2D eigenvalue weighted by molar-refractivity contribution is -0.0955. The lowest BCUT2D eigenvalue weighted by Gasteiger charge is -2.26. The monoisotopic (exact) mass is 515 g/mol. The predicted molar refractivity (Wildman–Crippen MR) is 136 cm³/mol. The molecule has 4 heterocycles. The molecule has 1 aliphatic heterocycles. The number of anilines is 1. The Kier molecular flexibility index (Phi) is 7.95. The second-order valence-electron chi connectivity index (χ2n) is 9.66. The van der Waals surface area contributed by atoms with Crippen LogP contribution in [0.4, 0.5) is 19.0 Å². The summed E-state index contributed by atoms with van der Waals surface area (Å²) in [4.78, 5) is 14.6. The van der Waals surface area contributed by atoms with Gasteiger partial charge in [-0.2, -0.15) is 13.2 Å². The van der Waals surface area contributed by atoms with Crippen molar-refractivity contribution in [2.75, 3.05) is 51.3 Å². The van der Waals surface area contributed by atoms with Crippen molar-refractivity contribution in [2.24, 2.45) is 5.92 Å². The molecule has 5 rings (SSSR count). The third-order valence-electron chi connectivity index (χ3n) is 7.05. The quantitative estimate of drug-likeness (QED) is 0.393. The number of hydrogen-bond acceptors (Lipinski definition) is 6. The standard InChI is InChI=1S/C27H32F3N5O2/c28-27(29,30)22-4-1-19(2-5-22)15-31-25-6-3-20(16-32-25)13-21-17-33-26-24(21)14-23(18-34-26)37-12-9-35-7-10-36-11-8-35/h3-4,6,14,16-19H,1-2,5,7-13,15H2,(H,31,32)(H,33,34). The van der Waals surface area contributed by atoms with Crippen molar-refractivity contribution in [3.63, 3.8) is 0 Å². The summed E-state index contributed by atoms with van der Waals surface area (Å²) in [6.45, 7) is 5.49. The molecular weight excluding hydrogens is 483 g/mol. The first-order chi connectivity index (χ1) is 17.9. The smallest absolute Gasteiger partial charge is 0.412 e. The number of H-pyrrole nitrogens is 1. The van der Waals surface area contributed by atoms with Gasteiger partial charge in [-0.05, 0) is 48.4 Å². The second kappa shape index (κ2) is 11.5. The maximum absolute atomic E-state index is 12.8. The average molecular weight is 516 g/mol. The number of aromatic nitrogens is 3. The highest BCUT2D eigenvalue weighted by atomic mass is 19.4. The van der Waals surface area contributed by atoms with Gasteiger partial charge in [-0.15, -0.1) is 0 Å². The van der Waals surface area contributed by atoms with Crippen molar-refractivity contribution >= 4 is 16.9 Å². The molecule has 2 N–H and O–H groups in total. The maximum Gasteiger partial charge on any atom is 0.412 e. The van der Waals surface area contributed by atoms with Crippen LogP contribution in [0.1, 0.15) is 30.4 Å². The fraction of sp³-hybridized carbons (Fsp3) is 0.481. The number of alkyl halides is 3. The lowest BCUT2D eigenvalue weighted by Crippen LogP contribution is -2.38. The summed E-state index contributed by atoms with van der Waals surface area (Å²) in [7, 11) is 0. The number of nitrogens with one attached hydrogen (secondary N) is 2. The summed E-state index contributed by atoms with van der Waals surface area (Å²) in [5.74, 6) is 1.65. The summed E-state index contributed by atoms with van der Waals surface area (Å²) < 4.78 is 49.8. The molecular formula is C27H32F3N5O2. The third-order valence-corrected chi connectivity index (χ3v) is 7.05. The molecule has 0 bridgehead atoms. The van der Waals surface area contributed by atoms with E-state index < -0.39 is 11.7 Å². The van der Waals surface area contributed by atoms with Crippen molar-refractivity contribution in [3.8, 4) is 5.75 Å². The number of fused-ring (bicyclic) bond motifs is 1. The van der Waals surface area contributed by atoms with Crippen molar-refractivity contribution < 1.29 is 22.6 Å². The van der Waals surface area contributed by atoms with Gasteiger partial charge in [0.15, 0.2) is 0 Å². The maximum atomic E-state index is 12.8. The predicted octanol–water partition coefficient (Wildman–Crippen LogP) is 4.96. The van der Waals surface area contributed by atoms with Crippen LogP contribution in [0.25, 0.3) is 11.0 Å².